The Hall–Kier alpha value is -0.940. The van der Waals surface area contributed by atoms with Crippen molar-refractivity contribution in [2.45, 2.75) is 20.4 Å². The van der Waals surface area contributed by atoms with Gasteiger partial charge in [0.05, 0.1) is 17.2 Å². The van der Waals surface area contributed by atoms with Crippen LogP contribution < -0.4 is 0 Å². The number of allylic oxidation sites excluding steroid dienone is 2. The van der Waals surface area contributed by atoms with Crippen molar-refractivity contribution in [3.63, 3.8) is 0 Å². The molecule has 0 amide bonds. The highest BCUT2D eigenvalue weighted by Crippen LogP contribution is 2.17. The summed E-state index contributed by atoms with van der Waals surface area (Å²) in [6, 6.07) is 0. The van der Waals surface area contributed by atoms with Crippen LogP contribution in [0.1, 0.15) is 24.3 Å². The van der Waals surface area contributed by atoms with Gasteiger partial charge >= 0.3 is 0 Å². The highest BCUT2D eigenvalue weighted by molar-refractivity contribution is 9.10. The van der Waals surface area contributed by atoms with Crippen molar-refractivity contribution < 1.29 is 4.79 Å². The summed E-state index contributed by atoms with van der Waals surface area (Å²) in [7, 11) is 3.99. The number of nitrogens with zero attached hydrogens (tertiary/aromatic N) is 3. The molecule has 5 heteroatoms. The van der Waals surface area contributed by atoms with Crippen LogP contribution in [0.5, 0.6) is 0 Å². The van der Waals surface area contributed by atoms with E-state index in [0.29, 0.717) is 12.2 Å². The Labute approximate surface area is 110 Å². The number of hydrogen-bond acceptors (Lipinski definition) is 3. The number of likely N-dealkylation sites (N-methyl/N-ethyl adjacent to an activating group) is 1. The van der Waals surface area contributed by atoms with Crippen molar-refractivity contribution in [1.82, 2.24) is 14.7 Å². The molecular formula is C12H18BrN3O. The van der Waals surface area contributed by atoms with Crippen LogP contribution in [0, 0.1) is 0 Å². The summed E-state index contributed by atoms with van der Waals surface area (Å²) < 4.78 is 2.49. The van der Waals surface area contributed by atoms with Crippen LogP contribution in [0.3, 0.4) is 0 Å². The fraction of sp³-hybridized carbons (Fsp3) is 0.500. The lowest BCUT2D eigenvalue weighted by Gasteiger charge is -2.11. The number of carbonyl (C=O) groups is 1. The molecule has 1 rings (SSSR count). The van der Waals surface area contributed by atoms with Crippen LogP contribution in [0.2, 0.25) is 0 Å². The lowest BCUT2D eigenvalue weighted by Crippen LogP contribution is -2.21. The number of rotatable bonds is 5. The summed E-state index contributed by atoms with van der Waals surface area (Å²) in [5, 5.41) is 4.21. The molecule has 0 saturated heterocycles. The zero-order valence-electron chi connectivity index (χ0n) is 10.7. The smallest absolute Gasteiger partial charge is 0.204 e. The number of halogens is 1. The van der Waals surface area contributed by atoms with E-state index in [9.17, 15) is 4.79 Å². The molecule has 0 atom stereocenters. The number of carbonyl (C=O) groups excluding carboxylic acids is 1. The maximum atomic E-state index is 12.0. The van der Waals surface area contributed by atoms with E-state index in [1.54, 1.807) is 17.0 Å². The third kappa shape index (κ3) is 4.09. The van der Waals surface area contributed by atoms with Gasteiger partial charge in [-0.05, 0) is 49.9 Å². The van der Waals surface area contributed by atoms with E-state index in [1.165, 1.54) is 0 Å². The normalized spacial score (nSPS) is 10.7. The SMILES string of the molecule is CC(C)=CC(=O)c1c(Br)cnn1CCN(C)C. The monoisotopic (exact) mass is 299 g/mol. The molecule has 1 aromatic heterocycles. The first-order valence-electron chi connectivity index (χ1n) is 5.47. The van der Waals surface area contributed by atoms with Gasteiger partial charge in [0.25, 0.3) is 0 Å². The minimum atomic E-state index is -0.00636. The molecule has 0 fully saturated rings. The van der Waals surface area contributed by atoms with E-state index in [0.717, 1.165) is 16.6 Å². The van der Waals surface area contributed by atoms with Crippen LogP contribution in [0.25, 0.3) is 0 Å². The van der Waals surface area contributed by atoms with Gasteiger partial charge in [0, 0.05) is 6.54 Å². The molecule has 94 valence electrons. The first-order valence-corrected chi connectivity index (χ1v) is 6.26. The summed E-state index contributed by atoms with van der Waals surface area (Å²) >= 11 is 3.37. The van der Waals surface area contributed by atoms with E-state index in [1.807, 2.05) is 27.9 Å². The van der Waals surface area contributed by atoms with Crippen molar-refractivity contribution in [1.29, 1.82) is 0 Å². The van der Waals surface area contributed by atoms with Gasteiger partial charge in [0.15, 0.2) is 0 Å². The van der Waals surface area contributed by atoms with E-state index in [-0.39, 0.29) is 5.78 Å². The molecule has 0 aliphatic heterocycles. The molecule has 0 aromatic carbocycles. The fourth-order valence-corrected chi connectivity index (χ4v) is 1.89. The van der Waals surface area contributed by atoms with E-state index in [4.69, 9.17) is 0 Å². The van der Waals surface area contributed by atoms with Crippen LogP contribution in [0.15, 0.2) is 22.3 Å². The van der Waals surface area contributed by atoms with Crippen LogP contribution in [-0.4, -0.2) is 41.1 Å². The van der Waals surface area contributed by atoms with Crippen molar-refractivity contribution >= 4 is 21.7 Å². The van der Waals surface area contributed by atoms with E-state index >= 15 is 0 Å². The molecule has 0 aliphatic rings. The summed E-state index contributed by atoms with van der Waals surface area (Å²) in [4.78, 5) is 14.1. The quantitative estimate of drug-likeness (QED) is 0.619. The minimum Gasteiger partial charge on any atom is -0.308 e. The summed E-state index contributed by atoms with van der Waals surface area (Å²) in [6.07, 6.45) is 3.30. The molecule has 17 heavy (non-hydrogen) atoms. The van der Waals surface area contributed by atoms with Crippen molar-refractivity contribution in [3.05, 3.63) is 28.0 Å². The predicted octanol–water partition coefficient (Wildman–Crippen LogP) is 2.36. The maximum absolute atomic E-state index is 12.0. The molecule has 0 aliphatic carbocycles. The van der Waals surface area contributed by atoms with Crippen LogP contribution in [0.4, 0.5) is 0 Å². The van der Waals surface area contributed by atoms with Gasteiger partial charge in [-0.2, -0.15) is 5.10 Å². The van der Waals surface area contributed by atoms with Gasteiger partial charge in [0.2, 0.25) is 5.78 Å². The topological polar surface area (TPSA) is 38.1 Å². The van der Waals surface area contributed by atoms with Gasteiger partial charge in [-0.1, -0.05) is 5.57 Å². The maximum Gasteiger partial charge on any atom is 0.204 e. The lowest BCUT2D eigenvalue weighted by molar-refractivity contribution is 0.103. The molecular weight excluding hydrogens is 282 g/mol. The lowest BCUT2D eigenvalue weighted by atomic mass is 10.2. The molecule has 0 unspecified atom stereocenters. The summed E-state index contributed by atoms with van der Waals surface area (Å²) in [5.74, 6) is -0.00636. The number of ketones is 1. The molecule has 0 saturated carbocycles. The second-order valence-corrected chi connectivity index (χ2v) is 5.31. The Kier molecular flexibility index (Phi) is 5.08. The molecule has 0 bridgehead atoms. The standard InChI is InChI=1S/C12H18BrN3O/c1-9(2)7-11(17)12-10(13)8-14-16(12)6-5-15(3)4/h7-8H,5-6H2,1-4H3. The Morgan fingerprint density at radius 3 is 2.71 bits per heavy atom. The molecule has 0 N–H and O–H groups in total. The largest absolute Gasteiger partial charge is 0.308 e. The van der Waals surface area contributed by atoms with E-state index < -0.39 is 0 Å². The molecule has 4 nitrogen and oxygen atoms in total. The average Bonchev–Trinajstić information content (AvgIpc) is 2.55. The first-order chi connectivity index (χ1) is 7.91. The fourth-order valence-electron chi connectivity index (χ4n) is 1.40. The zero-order chi connectivity index (χ0) is 13.0. The molecule has 0 radical (unpaired) electrons. The van der Waals surface area contributed by atoms with Gasteiger partial charge in [-0.3, -0.25) is 9.48 Å². The summed E-state index contributed by atoms with van der Waals surface area (Å²) in [6.45, 7) is 5.37. The molecule has 0 spiro atoms. The van der Waals surface area contributed by atoms with Gasteiger partial charge in [-0.15, -0.1) is 0 Å². The van der Waals surface area contributed by atoms with E-state index in [2.05, 4.69) is 25.9 Å². The molecule has 1 heterocycles. The number of hydrogen-bond donors (Lipinski definition) is 0. The highest BCUT2D eigenvalue weighted by Gasteiger charge is 2.15. The van der Waals surface area contributed by atoms with Crippen LogP contribution >= 0.6 is 15.9 Å². The van der Waals surface area contributed by atoms with Crippen molar-refractivity contribution in [2.24, 2.45) is 0 Å². The Bertz CT molecular complexity index is 431. The van der Waals surface area contributed by atoms with Gasteiger partial charge in [-0.25, -0.2) is 0 Å². The van der Waals surface area contributed by atoms with Crippen molar-refractivity contribution in [3.8, 4) is 0 Å². The van der Waals surface area contributed by atoms with Crippen LogP contribution in [-0.2, 0) is 6.54 Å². The number of aromatic nitrogens is 2. The van der Waals surface area contributed by atoms with Gasteiger partial charge < -0.3 is 4.90 Å². The minimum absolute atomic E-state index is 0.00636. The Balaban J connectivity index is 2.94. The zero-order valence-corrected chi connectivity index (χ0v) is 12.3. The Morgan fingerprint density at radius 1 is 1.53 bits per heavy atom. The second kappa shape index (κ2) is 6.12. The predicted molar refractivity (Wildman–Crippen MR) is 72.2 cm³/mol. The third-order valence-corrected chi connectivity index (χ3v) is 2.79. The Morgan fingerprint density at radius 2 is 2.18 bits per heavy atom. The van der Waals surface area contributed by atoms with Gasteiger partial charge in [0.1, 0.15) is 5.69 Å². The first kappa shape index (κ1) is 14.1. The van der Waals surface area contributed by atoms with Crippen molar-refractivity contribution in [2.75, 3.05) is 20.6 Å². The average molecular weight is 300 g/mol. The highest BCUT2D eigenvalue weighted by atomic mass is 79.9. The summed E-state index contributed by atoms with van der Waals surface area (Å²) in [5.41, 5.74) is 1.61. The molecule has 1 aromatic rings. The second-order valence-electron chi connectivity index (χ2n) is 4.45. The third-order valence-electron chi connectivity index (χ3n) is 2.21.